The van der Waals surface area contributed by atoms with E-state index in [1.165, 1.54) is 12.1 Å². The minimum atomic E-state index is -0.235. The van der Waals surface area contributed by atoms with E-state index in [0.717, 1.165) is 16.3 Å². The molecule has 0 unspecified atom stereocenters. The Morgan fingerprint density at radius 2 is 2.00 bits per heavy atom. The number of benzene rings is 2. The fraction of sp³-hybridized carbons (Fsp3) is 0. The highest BCUT2D eigenvalue weighted by Crippen LogP contribution is 2.18. The normalized spacial score (nSPS) is 9.85. The van der Waals surface area contributed by atoms with Crippen molar-refractivity contribution in [1.29, 1.82) is 0 Å². The minimum absolute atomic E-state index is 0.235. The van der Waals surface area contributed by atoms with Crippen molar-refractivity contribution in [2.24, 2.45) is 0 Å². The topological polar surface area (TPSA) is 0 Å². The number of fused-ring (bicyclic) bond motifs is 1. The van der Waals surface area contributed by atoms with Crippen LogP contribution in [0.2, 0.25) is 0 Å². The summed E-state index contributed by atoms with van der Waals surface area (Å²) in [4.78, 5) is 0. The molecule has 62 valence electrons. The maximum atomic E-state index is 12.8. The molecular weight excluding hydrogens is 163 g/mol. The first-order valence-corrected chi connectivity index (χ1v) is 3.96. The molecule has 0 radical (unpaired) electrons. The van der Waals surface area contributed by atoms with Gasteiger partial charge in [0, 0.05) is 5.56 Å². The van der Waals surface area contributed by atoms with E-state index in [9.17, 15) is 4.39 Å². The van der Waals surface area contributed by atoms with Crippen molar-refractivity contribution < 1.29 is 4.39 Å². The Labute approximate surface area is 76.0 Å². The molecule has 0 nitrogen and oxygen atoms in total. The summed E-state index contributed by atoms with van der Waals surface area (Å²) < 4.78 is 12.8. The second-order valence-corrected chi connectivity index (χ2v) is 2.82. The van der Waals surface area contributed by atoms with E-state index >= 15 is 0 Å². The second-order valence-electron chi connectivity index (χ2n) is 2.82. The number of hydrogen-bond donors (Lipinski definition) is 0. The molecule has 0 aromatic heterocycles. The molecule has 0 heterocycles. The van der Waals surface area contributed by atoms with Crippen LogP contribution in [0, 0.1) is 18.2 Å². The zero-order valence-electron chi connectivity index (χ0n) is 6.92. The van der Waals surface area contributed by atoms with Crippen LogP contribution in [0.25, 0.3) is 10.8 Å². The van der Waals surface area contributed by atoms with Crippen LogP contribution in [-0.2, 0) is 0 Å². The molecule has 0 bridgehead atoms. The minimum Gasteiger partial charge on any atom is -0.207 e. The van der Waals surface area contributed by atoms with Gasteiger partial charge in [0.1, 0.15) is 5.82 Å². The first-order chi connectivity index (χ1) is 6.31. The molecule has 1 heteroatoms. The van der Waals surface area contributed by atoms with Gasteiger partial charge in [0.25, 0.3) is 0 Å². The molecule has 2 aromatic carbocycles. The summed E-state index contributed by atoms with van der Waals surface area (Å²) >= 11 is 0. The molecule has 0 spiro atoms. The highest BCUT2D eigenvalue weighted by atomic mass is 19.1. The molecule has 2 aromatic rings. The number of terminal acetylenes is 1. The van der Waals surface area contributed by atoms with Gasteiger partial charge in [-0.05, 0) is 29.0 Å². The quantitative estimate of drug-likeness (QED) is 0.533. The summed E-state index contributed by atoms with van der Waals surface area (Å²) in [5.74, 6) is 2.33. The Morgan fingerprint density at radius 1 is 1.15 bits per heavy atom. The van der Waals surface area contributed by atoms with Crippen molar-refractivity contribution in [3.05, 3.63) is 47.8 Å². The standard InChI is InChI=1S/C12H7F/c1-2-9-4-3-5-10-8-11(13)6-7-12(9)10/h1,3-8H. The van der Waals surface area contributed by atoms with Crippen molar-refractivity contribution in [3.8, 4) is 12.3 Å². The molecule has 13 heavy (non-hydrogen) atoms. The fourth-order valence-corrected chi connectivity index (χ4v) is 1.38. The lowest BCUT2D eigenvalue weighted by Gasteiger charge is -1.99. The van der Waals surface area contributed by atoms with E-state index in [1.807, 2.05) is 18.2 Å². The molecule has 0 N–H and O–H groups in total. The lowest BCUT2D eigenvalue weighted by atomic mass is 10.1. The van der Waals surface area contributed by atoms with Gasteiger partial charge in [0.05, 0.1) is 0 Å². The van der Waals surface area contributed by atoms with Crippen LogP contribution in [0.3, 0.4) is 0 Å². The van der Waals surface area contributed by atoms with Crippen LogP contribution >= 0.6 is 0 Å². The third-order valence-electron chi connectivity index (χ3n) is 2.00. The predicted molar refractivity (Wildman–Crippen MR) is 51.8 cm³/mol. The largest absolute Gasteiger partial charge is 0.207 e. The van der Waals surface area contributed by atoms with Crippen LogP contribution in [0.15, 0.2) is 36.4 Å². The number of rotatable bonds is 0. The summed E-state index contributed by atoms with van der Waals surface area (Å²) in [7, 11) is 0. The summed E-state index contributed by atoms with van der Waals surface area (Å²) in [6.07, 6.45) is 5.31. The summed E-state index contributed by atoms with van der Waals surface area (Å²) in [5, 5.41) is 1.77. The van der Waals surface area contributed by atoms with Gasteiger partial charge in [-0.15, -0.1) is 6.42 Å². The van der Waals surface area contributed by atoms with E-state index in [1.54, 1.807) is 6.07 Å². The Morgan fingerprint density at radius 3 is 2.77 bits per heavy atom. The van der Waals surface area contributed by atoms with Crippen molar-refractivity contribution in [1.82, 2.24) is 0 Å². The number of halogens is 1. The molecule has 0 saturated carbocycles. The van der Waals surface area contributed by atoms with E-state index < -0.39 is 0 Å². The average molecular weight is 170 g/mol. The maximum absolute atomic E-state index is 12.8. The zero-order chi connectivity index (χ0) is 9.26. The maximum Gasteiger partial charge on any atom is 0.123 e. The summed E-state index contributed by atoms with van der Waals surface area (Å²) in [6, 6.07) is 10.1. The zero-order valence-corrected chi connectivity index (χ0v) is 6.92. The van der Waals surface area contributed by atoms with E-state index in [0.29, 0.717) is 0 Å². The third-order valence-corrected chi connectivity index (χ3v) is 2.00. The highest BCUT2D eigenvalue weighted by molar-refractivity contribution is 5.88. The van der Waals surface area contributed by atoms with Crippen molar-refractivity contribution in [3.63, 3.8) is 0 Å². The van der Waals surface area contributed by atoms with Gasteiger partial charge in [-0.25, -0.2) is 4.39 Å². The van der Waals surface area contributed by atoms with Crippen LogP contribution in [0.4, 0.5) is 4.39 Å². The van der Waals surface area contributed by atoms with Gasteiger partial charge >= 0.3 is 0 Å². The molecule has 2 rings (SSSR count). The van der Waals surface area contributed by atoms with Crippen LogP contribution < -0.4 is 0 Å². The smallest absolute Gasteiger partial charge is 0.123 e. The van der Waals surface area contributed by atoms with Crippen LogP contribution in [0.1, 0.15) is 5.56 Å². The van der Waals surface area contributed by atoms with Gasteiger partial charge in [-0.1, -0.05) is 24.1 Å². The summed E-state index contributed by atoms with van der Waals surface area (Å²) in [6.45, 7) is 0. The fourth-order valence-electron chi connectivity index (χ4n) is 1.38. The lowest BCUT2D eigenvalue weighted by Crippen LogP contribution is -1.80. The van der Waals surface area contributed by atoms with E-state index in [-0.39, 0.29) is 5.82 Å². The lowest BCUT2D eigenvalue weighted by molar-refractivity contribution is 0.630. The van der Waals surface area contributed by atoms with Crippen molar-refractivity contribution in [2.75, 3.05) is 0 Å². The highest BCUT2D eigenvalue weighted by Gasteiger charge is 1.98. The van der Waals surface area contributed by atoms with E-state index in [2.05, 4.69) is 5.92 Å². The van der Waals surface area contributed by atoms with Crippen LogP contribution in [-0.4, -0.2) is 0 Å². The van der Waals surface area contributed by atoms with Crippen molar-refractivity contribution >= 4 is 10.8 Å². The van der Waals surface area contributed by atoms with Gasteiger partial charge in [-0.2, -0.15) is 0 Å². The van der Waals surface area contributed by atoms with Gasteiger partial charge < -0.3 is 0 Å². The third kappa shape index (κ3) is 1.27. The molecule has 0 aliphatic heterocycles. The van der Waals surface area contributed by atoms with Gasteiger partial charge in [-0.3, -0.25) is 0 Å². The van der Waals surface area contributed by atoms with Crippen molar-refractivity contribution in [2.45, 2.75) is 0 Å². The second kappa shape index (κ2) is 2.91. The van der Waals surface area contributed by atoms with Crippen LogP contribution in [0.5, 0.6) is 0 Å². The SMILES string of the molecule is C#Cc1cccc2cc(F)ccc12. The monoisotopic (exact) mass is 170 g/mol. The molecule has 0 amide bonds. The molecular formula is C12H7F. The molecule has 0 aliphatic rings. The Balaban J connectivity index is 2.87. The molecule has 0 aliphatic carbocycles. The predicted octanol–water partition coefficient (Wildman–Crippen LogP) is 2.96. The Bertz CT molecular complexity index is 492. The molecule has 0 atom stereocenters. The van der Waals surface area contributed by atoms with Gasteiger partial charge in [0.15, 0.2) is 0 Å². The first kappa shape index (κ1) is 7.82. The summed E-state index contributed by atoms with van der Waals surface area (Å²) in [5.41, 5.74) is 0.803. The number of hydrogen-bond acceptors (Lipinski definition) is 0. The average Bonchev–Trinajstić information content (AvgIpc) is 2.16. The van der Waals surface area contributed by atoms with E-state index in [4.69, 9.17) is 6.42 Å². The Hall–Kier alpha value is -1.81. The van der Waals surface area contributed by atoms with Gasteiger partial charge in [0.2, 0.25) is 0 Å². The molecule has 0 fully saturated rings. The molecule has 0 saturated heterocycles. The first-order valence-electron chi connectivity index (χ1n) is 3.96. The Kier molecular flexibility index (Phi) is 1.75.